The molecule has 19 heavy (non-hydrogen) atoms. The van der Waals surface area contributed by atoms with Crippen LogP contribution in [0.4, 0.5) is 0 Å². The summed E-state index contributed by atoms with van der Waals surface area (Å²) >= 11 is 0. The average molecular weight is 258 g/mol. The Balaban J connectivity index is 1.62. The highest BCUT2D eigenvalue weighted by molar-refractivity contribution is 6.43. The summed E-state index contributed by atoms with van der Waals surface area (Å²) in [5.74, 6) is 0. The molecule has 90 valence electrons. The monoisotopic (exact) mass is 258 g/mol. The van der Waals surface area contributed by atoms with Crippen molar-refractivity contribution in [2.45, 2.75) is 11.1 Å². The Morgan fingerprint density at radius 2 is 1.11 bits per heavy atom. The third-order valence-electron chi connectivity index (χ3n) is 3.96. The minimum Gasteiger partial charge on any atom is -0.0796 e. The van der Waals surface area contributed by atoms with Crippen LogP contribution in [0.2, 0.25) is 0 Å². The second kappa shape index (κ2) is 4.36. The van der Waals surface area contributed by atoms with Crippen LogP contribution in [-0.4, -0.2) is 9.52 Å². The summed E-state index contributed by atoms with van der Waals surface area (Å²) in [6.07, 6.45) is 9.30. The van der Waals surface area contributed by atoms with Crippen LogP contribution < -0.4 is 0 Å². The predicted octanol–water partition coefficient (Wildman–Crippen LogP) is 4.23. The van der Waals surface area contributed by atoms with Gasteiger partial charge in [0.2, 0.25) is 0 Å². The molecule has 0 unspecified atom stereocenters. The smallest absolute Gasteiger partial charge is 0.0670 e. The lowest BCUT2D eigenvalue weighted by atomic mass is 10.1. The maximum atomic E-state index is 2.37. The summed E-state index contributed by atoms with van der Waals surface area (Å²) in [6, 6.07) is 17.5. The molecular weight excluding hydrogens is 244 g/mol. The molecule has 1 heteroatoms. The van der Waals surface area contributed by atoms with Crippen LogP contribution in [0.15, 0.2) is 60.7 Å². The molecule has 0 saturated carbocycles. The Morgan fingerprint density at radius 3 is 1.63 bits per heavy atom. The van der Waals surface area contributed by atoms with Crippen LogP contribution in [-0.2, 0) is 0 Å². The number of hydrogen-bond acceptors (Lipinski definition) is 0. The van der Waals surface area contributed by atoms with Gasteiger partial charge in [0.05, 0.1) is 9.52 Å². The maximum Gasteiger partial charge on any atom is 0.0670 e. The van der Waals surface area contributed by atoms with E-state index in [1.54, 1.807) is 0 Å². The Hall–Kier alpha value is -1.86. The first-order valence-electron chi connectivity index (χ1n) is 6.72. The third kappa shape index (κ3) is 1.82. The van der Waals surface area contributed by atoms with Crippen molar-refractivity contribution >= 4 is 21.7 Å². The van der Waals surface area contributed by atoms with Crippen molar-refractivity contribution in [2.24, 2.45) is 0 Å². The molecule has 0 nitrogen and oxygen atoms in total. The van der Waals surface area contributed by atoms with Crippen molar-refractivity contribution in [1.29, 1.82) is 0 Å². The van der Waals surface area contributed by atoms with Gasteiger partial charge in [-0.15, -0.1) is 0 Å². The molecule has 2 aliphatic carbocycles. The second-order valence-electron chi connectivity index (χ2n) is 5.10. The van der Waals surface area contributed by atoms with Crippen molar-refractivity contribution < 1.29 is 0 Å². The van der Waals surface area contributed by atoms with Crippen LogP contribution in [0.1, 0.15) is 33.3 Å². The number of hydrogen-bond donors (Lipinski definition) is 0. The molecule has 0 heterocycles. The number of rotatable bonds is 2. The van der Waals surface area contributed by atoms with Crippen LogP contribution in [0.3, 0.4) is 0 Å². The number of fused-ring (bicyclic) bond motifs is 2. The van der Waals surface area contributed by atoms with E-state index in [-0.39, 0.29) is 0 Å². The van der Waals surface area contributed by atoms with E-state index in [1.165, 1.54) is 22.3 Å². The fourth-order valence-corrected chi connectivity index (χ4v) is 4.67. The predicted molar refractivity (Wildman–Crippen MR) is 82.2 cm³/mol. The minimum atomic E-state index is 0.594. The van der Waals surface area contributed by atoms with E-state index in [1.807, 2.05) is 0 Å². The molecule has 4 rings (SSSR count). The highest BCUT2D eigenvalue weighted by Crippen LogP contribution is 2.36. The van der Waals surface area contributed by atoms with Crippen LogP contribution in [0.5, 0.6) is 0 Å². The third-order valence-corrected chi connectivity index (χ3v) is 5.68. The zero-order chi connectivity index (χ0) is 12.7. The fourth-order valence-electron chi connectivity index (χ4n) is 2.98. The summed E-state index contributed by atoms with van der Waals surface area (Å²) in [5.41, 5.74) is 6.98. The van der Waals surface area contributed by atoms with E-state index in [2.05, 4.69) is 72.8 Å². The summed E-state index contributed by atoms with van der Waals surface area (Å²) < 4.78 is 0. The van der Waals surface area contributed by atoms with Gasteiger partial charge in [-0.3, -0.25) is 0 Å². The Kier molecular flexibility index (Phi) is 2.52. The van der Waals surface area contributed by atoms with Gasteiger partial charge in [-0.1, -0.05) is 72.8 Å². The second-order valence-corrected chi connectivity index (χ2v) is 6.68. The summed E-state index contributed by atoms with van der Waals surface area (Å²) in [6.45, 7) is 0. The molecule has 2 atom stereocenters. The van der Waals surface area contributed by atoms with Crippen molar-refractivity contribution in [2.75, 3.05) is 0 Å². The fraction of sp³-hybridized carbons (Fsp3) is 0.111. The largest absolute Gasteiger partial charge is 0.0796 e. The molecule has 0 saturated heterocycles. The topological polar surface area (TPSA) is 0 Å². The van der Waals surface area contributed by atoms with Crippen LogP contribution in [0, 0.1) is 0 Å². The van der Waals surface area contributed by atoms with Gasteiger partial charge in [0.25, 0.3) is 0 Å². The average Bonchev–Trinajstić information content (AvgIpc) is 3.05. The Labute approximate surface area is 116 Å². The summed E-state index contributed by atoms with van der Waals surface area (Å²) in [4.78, 5) is 0. The highest BCUT2D eigenvalue weighted by atomic mass is 28.2. The van der Waals surface area contributed by atoms with Crippen molar-refractivity contribution in [1.82, 2.24) is 0 Å². The number of benzene rings is 2. The first-order valence-corrected chi connectivity index (χ1v) is 7.87. The van der Waals surface area contributed by atoms with Crippen molar-refractivity contribution in [3.8, 4) is 0 Å². The quantitative estimate of drug-likeness (QED) is 0.707. The molecule has 0 aromatic heterocycles. The standard InChI is InChI=1S/C18H14Si/c1-3-7-15-13(5-1)9-11-17(15)19-18-12-10-14-6-2-4-8-16(14)18/h1-12,17-18H/t17-,18+. The van der Waals surface area contributed by atoms with Gasteiger partial charge in [-0.25, -0.2) is 0 Å². The summed E-state index contributed by atoms with van der Waals surface area (Å²) in [5, 5.41) is 0. The Morgan fingerprint density at radius 1 is 0.632 bits per heavy atom. The lowest BCUT2D eigenvalue weighted by Crippen LogP contribution is -2.12. The Bertz CT molecular complexity index is 622. The molecule has 0 fully saturated rings. The van der Waals surface area contributed by atoms with Gasteiger partial charge >= 0.3 is 0 Å². The molecule has 0 aliphatic heterocycles. The van der Waals surface area contributed by atoms with Gasteiger partial charge in [0.15, 0.2) is 0 Å². The van der Waals surface area contributed by atoms with E-state index in [0.29, 0.717) is 11.1 Å². The molecule has 0 bridgehead atoms. The van der Waals surface area contributed by atoms with E-state index in [9.17, 15) is 0 Å². The molecular formula is C18H14Si. The van der Waals surface area contributed by atoms with Crippen LogP contribution >= 0.6 is 0 Å². The number of allylic oxidation sites excluding steroid dienone is 2. The molecule has 2 aromatic carbocycles. The maximum absolute atomic E-state index is 2.37. The van der Waals surface area contributed by atoms with E-state index in [0.717, 1.165) is 9.52 Å². The van der Waals surface area contributed by atoms with E-state index >= 15 is 0 Å². The van der Waals surface area contributed by atoms with Gasteiger partial charge in [0.1, 0.15) is 0 Å². The lowest BCUT2D eigenvalue weighted by molar-refractivity contribution is 1.13. The molecule has 2 aliphatic rings. The highest BCUT2D eigenvalue weighted by Gasteiger charge is 2.24. The van der Waals surface area contributed by atoms with Gasteiger partial charge in [0, 0.05) is 0 Å². The minimum absolute atomic E-state index is 0.594. The van der Waals surface area contributed by atoms with Crippen LogP contribution in [0.25, 0.3) is 12.2 Å². The van der Waals surface area contributed by atoms with Gasteiger partial charge in [-0.05, 0) is 33.3 Å². The zero-order valence-corrected chi connectivity index (χ0v) is 11.6. The van der Waals surface area contributed by atoms with Crippen molar-refractivity contribution in [3.63, 3.8) is 0 Å². The summed E-state index contributed by atoms with van der Waals surface area (Å²) in [7, 11) is 0.900. The van der Waals surface area contributed by atoms with Gasteiger partial charge in [-0.2, -0.15) is 0 Å². The normalized spacial score (nSPS) is 22.5. The van der Waals surface area contributed by atoms with E-state index in [4.69, 9.17) is 0 Å². The first-order chi connectivity index (χ1) is 9.42. The SMILES string of the molecule is C1=C[C@H]([Si][C@@H]2C=Cc3ccccc32)c2ccccc21. The molecule has 0 amide bonds. The van der Waals surface area contributed by atoms with E-state index < -0.39 is 0 Å². The van der Waals surface area contributed by atoms with Gasteiger partial charge < -0.3 is 0 Å². The molecule has 0 spiro atoms. The lowest BCUT2D eigenvalue weighted by Gasteiger charge is -2.15. The molecule has 2 radical (unpaired) electrons. The zero-order valence-electron chi connectivity index (χ0n) is 10.6. The molecule has 2 aromatic rings. The first kappa shape index (κ1) is 11.0. The molecule has 0 N–H and O–H groups in total. The van der Waals surface area contributed by atoms with Crippen molar-refractivity contribution in [3.05, 3.63) is 82.9 Å².